The molecule has 3 aromatic heterocycles. The molecule has 24 heavy (non-hydrogen) atoms. The first-order chi connectivity index (χ1) is 11.8. The number of furan rings is 1. The molecule has 0 unspecified atom stereocenters. The molecule has 0 aliphatic carbocycles. The van der Waals surface area contributed by atoms with Crippen molar-refractivity contribution < 1.29 is 9.21 Å². The van der Waals surface area contributed by atoms with Crippen molar-refractivity contribution in [3.63, 3.8) is 0 Å². The highest BCUT2D eigenvalue weighted by Crippen LogP contribution is 2.13. The molecule has 3 heterocycles. The summed E-state index contributed by atoms with van der Waals surface area (Å²) < 4.78 is 4.86. The molecular weight excluding hydrogens is 308 g/mol. The van der Waals surface area contributed by atoms with Gasteiger partial charge in [-0.1, -0.05) is 0 Å². The predicted molar refractivity (Wildman–Crippen MR) is 89.1 cm³/mol. The highest BCUT2D eigenvalue weighted by Gasteiger charge is 2.05. The second-order valence-electron chi connectivity index (χ2n) is 4.86. The number of carbonyl (C=O) groups is 1. The van der Waals surface area contributed by atoms with Gasteiger partial charge in [-0.3, -0.25) is 9.78 Å². The van der Waals surface area contributed by atoms with Crippen LogP contribution >= 0.6 is 0 Å². The Balaban J connectivity index is 1.42. The van der Waals surface area contributed by atoms with Gasteiger partial charge in [-0.25, -0.2) is 0 Å². The van der Waals surface area contributed by atoms with E-state index in [1.54, 1.807) is 18.5 Å². The maximum absolute atomic E-state index is 11.7. The van der Waals surface area contributed by atoms with Crippen LogP contribution in [0.4, 0.5) is 17.3 Å². The Morgan fingerprint density at radius 3 is 2.50 bits per heavy atom. The fourth-order valence-corrected chi connectivity index (χ4v) is 1.94. The summed E-state index contributed by atoms with van der Waals surface area (Å²) in [4.78, 5) is 15.6. The molecule has 0 radical (unpaired) electrons. The Labute approximate surface area is 138 Å². The van der Waals surface area contributed by atoms with E-state index in [9.17, 15) is 4.79 Å². The zero-order valence-electron chi connectivity index (χ0n) is 12.8. The van der Waals surface area contributed by atoms with Crippen molar-refractivity contribution in [1.29, 1.82) is 0 Å². The molecule has 122 valence electrons. The van der Waals surface area contributed by atoms with Crippen molar-refractivity contribution in [3.05, 3.63) is 60.8 Å². The van der Waals surface area contributed by atoms with Gasteiger partial charge in [0.1, 0.15) is 12.1 Å². The van der Waals surface area contributed by atoms with Gasteiger partial charge in [0, 0.05) is 31.2 Å². The van der Waals surface area contributed by atoms with E-state index in [4.69, 9.17) is 4.42 Å². The third-order valence-corrected chi connectivity index (χ3v) is 3.12. The lowest BCUT2D eigenvalue weighted by Crippen LogP contribution is -2.28. The Kier molecular flexibility index (Phi) is 4.98. The number of rotatable bonds is 7. The molecule has 3 N–H and O–H groups in total. The van der Waals surface area contributed by atoms with Crippen molar-refractivity contribution in [1.82, 2.24) is 20.5 Å². The van der Waals surface area contributed by atoms with Crippen LogP contribution in [0.1, 0.15) is 10.4 Å². The summed E-state index contributed by atoms with van der Waals surface area (Å²) in [7, 11) is 0. The SMILES string of the molecule is O=C(NCCNc1ccc(Nc2ccncc2)nn1)c1ccoc1. The van der Waals surface area contributed by atoms with Crippen LogP contribution in [-0.2, 0) is 0 Å². The number of hydrogen-bond acceptors (Lipinski definition) is 7. The van der Waals surface area contributed by atoms with Crippen LogP contribution in [0.2, 0.25) is 0 Å². The Hall–Kier alpha value is -3.42. The number of carbonyl (C=O) groups excluding carboxylic acids is 1. The first kappa shape index (κ1) is 15.5. The zero-order valence-corrected chi connectivity index (χ0v) is 12.8. The van der Waals surface area contributed by atoms with Gasteiger partial charge in [0.05, 0.1) is 11.8 Å². The summed E-state index contributed by atoms with van der Waals surface area (Å²) in [5.74, 6) is 1.10. The van der Waals surface area contributed by atoms with Crippen molar-refractivity contribution in [3.8, 4) is 0 Å². The molecule has 1 amide bonds. The van der Waals surface area contributed by atoms with Gasteiger partial charge < -0.3 is 20.4 Å². The fraction of sp³-hybridized carbons (Fsp3) is 0.125. The van der Waals surface area contributed by atoms with Gasteiger partial charge in [-0.2, -0.15) is 0 Å². The number of pyridine rings is 1. The largest absolute Gasteiger partial charge is 0.472 e. The molecule has 0 saturated carbocycles. The van der Waals surface area contributed by atoms with Crippen molar-refractivity contribution in [2.24, 2.45) is 0 Å². The van der Waals surface area contributed by atoms with E-state index in [2.05, 4.69) is 31.1 Å². The molecular formula is C16H16N6O2. The number of hydrogen-bond donors (Lipinski definition) is 3. The highest BCUT2D eigenvalue weighted by atomic mass is 16.3. The van der Waals surface area contributed by atoms with E-state index >= 15 is 0 Å². The van der Waals surface area contributed by atoms with E-state index in [-0.39, 0.29) is 5.91 Å². The molecule has 0 fully saturated rings. The lowest BCUT2D eigenvalue weighted by atomic mass is 10.3. The van der Waals surface area contributed by atoms with Gasteiger partial charge in [-0.15, -0.1) is 10.2 Å². The van der Waals surface area contributed by atoms with Crippen LogP contribution in [0.5, 0.6) is 0 Å². The number of amides is 1. The van der Waals surface area contributed by atoms with E-state index < -0.39 is 0 Å². The molecule has 0 saturated heterocycles. The second-order valence-corrected chi connectivity index (χ2v) is 4.86. The molecule has 3 aromatic rings. The summed E-state index contributed by atoms with van der Waals surface area (Å²) in [5.41, 5.74) is 1.39. The van der Waals surface area contributed by atoms with Crippen LogP contribution < -0.4 is 16.0 Å². The van der Waals surface area contributed by atoms with Crippen LogP contribution in [0, 0.1) is 0 Å². The predicted octanol–water partition coefficient (Wildman–Crippen LogP) is 2.05. The fourth-order valence-electron chi connectivity index (χ4n) is 1.94. The molecule has 0 aromatic carbocycles. The standard InChI is InChI=1S/C16H16N6O2/c23-16(12-5-10-24-11-12)19-9-8-18-14-1-2-15(22-21-14)20-13-3-6-17-7-4-13/h1-7,10-11H,8-9H2,(H,18,21)(H,19,23)(H,17,20,22). The second kappa shape index (κ2) is 7.73. The zero-order chi connectivity index (χ0) is 16.6. The minimum atomic E-state index is -0.173. The lowest BCUT2D eigenvalue weighted by molar-refractivity contribution is 0.0954. The monoisotopic (exact) mass is 324 g/mol. The van der Waals surface area contributed by atoms with Crippen molar-refractivity contribution in [2.75, 3.05) is 23.7 Å². The van der Waals surface area contributed by atoms with Crippen molar-refractivity contribution in [2.45, 2.75) is 0 Å². The van der Waals surface area contributed by atoms with Gasteiger partial charge in [0.25, 0.3) is 5.91 Å². The molecule has 8 heteroatoms. The number of nitrogens with one attached hydrogen (secondary N) is 3. The molecule has 3 rings (SSSR count). The smallest absolute Gasteiger partial charge is 0.254 e. The van der Waals surface area contributed by atoms with Gasteiger partial charge in [0.2, 0.25) is 0 Å². The minimum absolute atomic E-state index is 0.173. The van der Waals surface area contributed by atoms with E-state index in [0.717, 1.165) is 5.69 Å². The summed E-state index contributed by atoms with van der Waals surface area (Å²) in [5, 5.41) is 17.1. The van der Waals surface area contributed by atoms with Crippen molar-refractivity contribution >= 4 is 23.2 Å². The summed E-state index contributed by atoms with van der Waals surface area (Å²) in [6.07, 6.45) is 6.26. The number of aromatic nitrogens is 3. The number of nitrogens with zero attached hydrogens (tertiary/aromatic N) is 3. The molecule has 0 spiro atoms. The maximum atomic E-state index is 11.7. The third-order valence-electron chi connectivity index (χ3n) is 3.12. The normalized spacial score (nSPS) is 10.2. The number of anilines is 3. The van der Waals surface area contributed by atoms with Crippen LogP contribution in [-0.4, -0.2) is 34.2 Å². The first-order valence-corrected chi connectivity index (χ1v) is 7.36. The quantitative estimate of drug-likeness (QED) is 0.571. The van der Waals surface area contributed by atoms with Gasteiger partial charge >= 0.3 is 0 Å². The minimum Gasteiger partial charge on any atom is -0.472 e. The topological polar surface area (TPSA) is 105 Å². The molecule has 0 bridgehead atoms. The average molecular weight is 324 g/mol. The third kappa shape index (κ3) is 4.29. The van der Waals surface area contributed by atoms with Gasteiger partial charge in [-0.05, 0) is 30.3 Å². The van der Waals surface area contributed by atoms with Crippen LogP contribution in [0.25, 0.3) is 0 Å². The van der Waals surface area contributed by atoms with E-state index in [0.29, 0.717) is 30.3 Å². The maximum Gasteiger partial charge on any atom is 0.254 e. The van der Waals surface area contributed by atoms with E-state index in [1.807, 2.05) is 24.3 Å². The Morgan fingerprint density at radius 1 is 1.00 bits per heavy atom. The lowest BCUT2D eigenvalue weighted by Gasteiger charge is -2.07. The summed E-state index contributed by atoms with van der Waals surface area (Å²) in [6.45, 7) is 0.998. The van der Waals surface area contributed by atoms with Gasteiger partial charge in [0.15, 0.2) is 5.82 Å². The Bertz CT molecular complexity index is 759. The average Bonchev–Trinajstić information content (AvgIpc) is 3.16. The summed E-state index contributed by atoms with van der Waals surface area (Å²) >= 11 is 0. The molecule has 0 atom stereocenters. The Morgan fingerprint density at radius 2 is 1.79 bits per heavy atom. The molecule has 0 aliphatic rings. The van der Waals surface area contributed by atoms with Crippen LogP contribution in [0.15, 0.2) is 59.7 Å². The highest BCUT2D eigenvalue weighted by molar-refractivity contribution is 5.93. The van der Waals surface area contributed by atoms with E-state index in [1.165, 1.54) is 12.5 Å². The molecule has 0 aliphatic heterocycles. The van der Waals surface area contributed by atoms with Crippen LogP contribution in [0.3, 0.4) is 0 Å². The molecule has 8 nitrogen and oxygen atoms in total. The summed E-state index contributed by atoms with van der Waals surface area (Å²) in [6, 6.07) is 8.93. The first-order valence-electron chi connectivity index (χ1n) is 7.36.